The molecule has 4 saturated carbocycles. The van der Waals surface area contributed by atoms with Crippen molar-refractivity contribution >= 4 is 32.8 Å². The zero-order valence-corrected chi connectivity index (χ0v) is 16.3. The van der Waals surface area contributed by atoms with Gasteiger partial charge in [-0.3, -0.25) is 4.79 Å². The van der Waals surface area contributed by atoms with E-state index in [-0.39, 0.29) is 5.76 Å². The summed E-state index contributed by atoms with van der Waals surface area (Å²) in [6.07, 6.45) is 8.45. The second kappa shape index (κ2) is 5.72. The molecule has 25 heavy (non-hydrogen) atoms. The van der Waals surface area contributed by atoms with E-state index < -0.39 is 5.24 Å². The van der Waals surface area contributed by atoms with E-state index in [1.54, 1.807) is 12.1 Å². The lowest BCUT2D eigenvalue weighted by molar-refractivity contribution is -0.00520. The first-order valence-corrected chi connectivity index (χ1v) is 10.3. The molecule has 0 spiro atoms. The second-order valence-electron chi connectivity index (χ2n) is 8.33. The van der Waals surface area contributed by atoms with E-state index in [2.05, 4.69) is 34.1 Å². The molecule has 1 aromatic heterocycles. The van der Waals surface area contributed by atoms with Gasteiger partial charge in [0.25, 0.3) is 5.24 Å². The molecule has 4 aliphatic rings. The number of furan rings is 1. The van der Waals surface area contributed by atoms with Crippen LogP contribution in [0, 0.1) is 17.8 Å². The number of halogens is 2. The minimum absolute atomic E-state index is 0.189. The Morgan fingerprint density at radius 2 is 1.68 bits per heavy atom. The van der Waals surface area contributed by atoms with Gasteiger partial charge in [-0.15, -0.1) is 0 Å². The van der Waals surface area contributed by atoms with Gasteiger partial charge in [-0.25, -0.2) is 0 Å². The van der Waals surface area contributed by atoms with Gasteiger partial charge in [0, 0.05) is 10.0 Å². The molecule has 130 valence electrons. The highest BCUT2D eigenvalue weighted by Gasteiger charge is 2.51. The van der Waals surface area contributed by atoms with Crippen molar-refractivity contribution < 1.29 is 9.21 Å². The largest absolute Gasteiger partial charge is 0.452 e. The lowest BCUT2D eigenvalue weighted by atomic mass is 9.48. The molecule has 0 saturated heterocycles. The smallest absolute Gasteiger partial charge is 0.287 e. The molecule has 0 aliphatic heterocycles. The first-order chi connectivity index (χ1) is 12.0. The maximum Gasteiger partial charge on any atom is 0.287 e. The summed E-state index contributed by atoms with van der Waals surface area (Å²) in [6, 6.07) is 10.1. The molecule has 4 heteroatoms. The predicted molar refractivity (Wildman–Crippen MR) is 102 cm³/mol. The van der Waals surface area contributed by atoms with Gasteiger partial charge < -0.3 is 4.42 Å². The lowest BCUT2D eigenvalue weighted by Crippen LogP contribution is -2.48. The Bertz CT molecular complexity index is 818. The van der Waals surface area contributed by atoms with Crippen molar-refractivity contribution in [2.75, 3.05) is 0 Å². The monoisotopic (exact) mass is 418 g/mol. The molecule has 0 unspecified atom stereocenters. The molecular formula is C21H20BrClO2. The summed E-state index contributed by atoms with van der Waals surface area (Å²) in [5.74, 6) is 3.67. The van der Waals surface area contributed by atoms with Crippen LogP contribution in [0.5, 0.6) is 0 Å². The summed E-state index contributed by atoms with van der Waals surface area (Å²) < 4.78 is 6.62. The normalized spacial score (nSPS) is 33.0. The number of carbonyl (C=O) groups is 1. The third-order valence-electron chi connectivity index (χ3n) is 6.68. The molecule has 0 N–H and O–H groups in total. The van der Waals surface area contributed by atoms with Crippen molar-refractivity contribution in [3.63, 3.8) is 0 Å². The van der Waals surface area contributed by atoms with Crippen molar-refractivity contribution in [3.05, 3.63) is 46.1 Å². The molecule has 4 bridgehead atoms. The molecule has 0 radical (unpaired) electrons. The predicted octanol–water partition coefficient (Wildman–Crippen LogP) is 6.56. The first-order valence-electron chi connectivity index (χ1n) is 9.12. The summed E-state index contributed by atoms with van der Waals surface area (Å²) in [7, 11) is 0. The average Bonchev–Trinajstić information content (AvgIpc) is 3.03. The van der Waals surface area contributed by atoms with Gasteiger partial charge >= 0.3 is 0 Å². The Morgan fingerprint density at radius 3 is 2.20 bits per heavy atom. The van der Waals surface area contributed by atoms with Crippen LogP contribution in [0.4, 0.5) is 0 Å². The average molecular weight is 420 g/mol. The minimum atomic E-state index is -0.562. The topological polar surface area (TPSA) is 30.2 Å². The molecule has 0 amide bonds. The Morgan fingerprint density at radius 1 is 1.04 bits per heavy atom. The molecule has 1 aromatic carbocycles. The molecule has 4 fully saturated rings. The maximum atomic E-state index is 11.2. The van der Waals surface area contributed by atoms with Crippen molar-refractivity contribution in [2.24, 2.45) is 17.8 Å². The van der Waals surface area contributed by atoms with Gasteiger partial charge in [-0.2, -0.15) is 0 Å². The van der Waals surface area contributed by atoms with E-state index >= 15 is 0 Å². The van der Waals surface area contributed by atoms with Crippen molar-refractivity contribution in [2.45, 2.75) is 43.9 Å². The Labute approximate surface area is 161 Å². The fourth-order valence-electron chi connectivity index (χ4n) is 6.10. The molecule has 0 atom stereocenters. The SMILES string of the molecule is O=C(Cl)c1ccc(-c2ccc(C34CC5CC(CC(C5)C3)C4)cc2Br)o1. The van der Waals surface area contributed by atoms with Gasteiger partial charge in [0.15, 0.2) is 5.76 Å². The summed E-state index contributed by atoms with van der Waals surface area (Å²) in [5.41, 5.74) is 2.83. The highest BCUT2D eigenvalue weighted by molar-refractivity contribution is 9.10. The quantitative estimate of drug-likeness (QED) is 0.528. The summed E-state index contributed by atoms with van der Waals surface area (Å²) in [6.45, 7) is 0. The number of hydrogen-bond donors (Lipinski definition) is 0. The van der Waals surface area contributed by atoms with E-state index in [9.17, 15) is 4.79 Å². The molecule has 4 aliphatic carbocycles. The van der Waals surface area contributed by atoms with Crippen LogP contribution in [0.2, 0.25) is 0 Å². The zero-order valence-electron chi connectivity index (χ0n) is 13.9. The molecule has 2 aromatic rings. The van der Waals surface area contributed by atoms with Crippen LogP contribution in [-0.4, -0.2) is 5.24 Å². The van der Waals surface area contributed by atoms with Crippen LogP contribution in [0.1, 0.15) is 54.6 Å². The molecule has 1 heterocycles. The Kier molecular flexibility index (Phi) is 3.69. The molecule has 6 rings (SSSR count). The van der Waals surface area contributed by atoms with Gasteiger partial charge in [0.1, 0.15) is 5.76 Å². The fraction of sp³-hybridized carbons (Fsp3) is 0.476. The molecule has 2 nitrogen and oxygen atoms in total. The fourth-order valence-corrected chi connectivity index (χ4v) is 6.77. The van der Waals surface area contributed by atoms with Crippen LogP contribution in [0.25, 0.3) is 11.3 Å². The van der Waals surface area contributed by atoms with Crippen LogP contribution in [0.3, 0.4) is 0 Å². The van der Waals surface area contributed by atoms with E-state index in [4.69, 9.17) is 16.0 Å². The van der Waals surface area contributed by atoms with E-state index in [1.165, 1.54) is 44.1 Å². The lowest BCUT2D eigenvalue weighted by Gasteiger charge is -2.57. The third kappa shape index (κ3) is 2.62. The molecular weight excluding hydrogens is 400 g/mol. The van der Waals surface area contributed by atoms with Crippen molar-refractivity contribution in [1.82, 2.24) is 0 Å². The standard InChI is InChI=1S/C21H20BrClO2/c22-17-8-15(1-2-16(17)18-3-4-19(25-18)20(23)24)21-9-12-5-13(10-21)7-14(6-12)11-21/h1-4,8,12-14H,5-7,9-11H2. The van der Waals surface area contributed by atoms with Gasteiger partial charge in [-0.1, -0.05) is 22.0 Å². The zero-order chi connectivity index (χ0) is 17.2. The van der Waals surface area contributed by atoms with Crippen molar-refractivity contribution in [3.8, 4) is 11.3 Å². The van der Waals surface area contributed by atoms with Crippen LogP contribution < -0.4 is 0 Å². The first kappa shape index (κ1) is 16.1. The number of carbonyl (C=O) groups excluding carboxylic acids is 1. The Hall–Kier alpha value is -1.06. The number of hydrogen-bond acceptors (Lipinski definition) is 2. The van der Waals surface area contributed by atoms with Gasteiger partial charge in [0.05, 0.1) is 0 Å². The van der Waals surface area contributed by atoms with E-state index in [1.807, 2.05) is 0 Å². The number of rotatable bonds is 3. The van der Waals surface area contributed by atoms with Crippen LogP contribution in [0.15, 0.2) is 39.2 Å². The van der Waals surface area contributed by atoms with Gasteiger partial charge in [0.2, 0.25) is 0 Å². The van der Waals surface area contributed by atoms with Gasteiger partial charge in [-0.05, 0) is 103 Å². The third-order valence-corrected chi connectivity index (χ3v) is 7.53. The maximum absolute atomic E-state index is 11.2. The van der Waals surface area contributed by atoms with E-state index in [0.29, 0.717) is 11.2 Å². The summed E-state index contributed by atoms with van der Waals surface area (Å²) in [5, 5.41) is -0.562. The Balaban J connectivity index is 1.50. The summed E-state index contributed by atoms with van der Waals surface area (Å²) >= 11 is 9.23. The highest BCUT2D eigenvalue weighted by atomic mass is 79.9. The number of benzene rings is 1. The highest BCUT2D eigenvalue weighted by Crippen LogP contribution is 2.61. The van der Waals surface area contributed by atoms with Crippen LogP contribution >= 0.6 is 27.5 Å². The van der Waals surface area contributed by atoms with Crippen LogP contribution in [-0.2, 0) is 5.41 Å². The second-order valence-corrected chi connectivity index (χ2v) is 9.53. The minimum Gasteiger partial charge on any atom is -0.452 e. The van der Waals surface area contributed by atoms with E-state index in [0.717, 1.165) is 27.8 Å². The summed E-state index contributed by atoms with van der Waals surface area (Å²) in [4.78, 5) is 11.2. The van der Waals surface area contributed by atoms with Crippen molar-refractivity contribution in [1.29, 1.82) is 0 Å².